The standard InChI is InChI=1S/C39H36F12P2.C5H10.Fe/c1-21-9-22(2)12-30(11-21)52(31-13-23(3)10-24(4)14-31)25(5)34-7-6-8-35(34)53(32-17-26(36(40,41)42)15-27(18-32)37(43,44)45)33-19-28(38(46,47)48)16-29(20-33)39(49,50)51;1-2-4-5-3-1;/h9-20,25,34-35H,6-8H2,1-5H3;1-5H2;. The van der Waals surface area contributed by atoms with Gasteiger partial charge in [-0.25, -0.2) is 0 Å². The molecule has 0 amide bonds. The van der Waals surface area contributed by atoms with Crippen LogP contribution in [0.3, 0.4) is 0 Å². The maximum atomic E-state index is 14.2. The third-order valence-electron chi connectivity index (χ3n) is 10.8. The van der Waals surface area contributed by atoms with Crippen molar-refractivity contribution in [2.24, 2.45) is 5.92 Å². The summed E-state index contributed by atoms with van der Waals surface area (Å²) in [5.41, 5.74) is -4.09. The molecule has 0 nitrogen and oxygen atoms in total. The molecule has 2 fully saturated rings. The van der Waals surface area contributed by atoms with Crippen LogP contribution in [0.5, 0.6) is 0 Å². The van der Waals surface area contributed by atoms with Gasteiger partial charge in [-0.1, -0.05) is 104 Å². The van der Waals surface area contributed by atoms with Crippen LogP contribution in [0, 0.1) is 33.6 Å². The molecule has 4 aromatic rings. The number of hydrogen-bond acceptors (Lipinski definition) is 0. The van der Waals surface area contributed by atoms with Crippen molar-refractivity contribution in [2.75, 3.05) is 0 Å². The van der Waals surface area contributed by atoms with Gasteiger partial charge < -0.3 is 0 Å². The van der Waals surface area contributed by atoms with Crippen molar-refractivity contribution in [3.05, 3.63) is 117 Å². The Balaban J connectivity index is 0.00000119. The minimum Gasteiger partial charge on any atom is -0.166 e. The molecule has 0 radical (unpaired) electrons. The van der Waals surface area contributed by atoms with Crippen LogP contribution in [0.15, 0.2) is 72.8 Å². The Morgan fingerprint density at radius 2 is 0.729 bits per heavy atom. The van der Waals surface area contributed by atoms with Gasteiger partial charge in [-0.3, -0.25) is 0 Å². The Morgan fingerprint density at radius 1 is 0.424 bits per heavy atom. The normalized spacial score (nSPS) is 18.2. The van der Waals surface area contributed by atoms with Crippen LogP contribution in [0.4, 0.5) is 52.7 Å². The fourth-order valence-electron chi connectivity index (χ4n) is 8.41. The van der Waals surface area contributed by atoms with Crippen LogP contribution in [0.1, 0.15) is 103 Å². The summed E-state index contributed by atoms with van der Waals surface area (Å²) in [5.74, 6) is -0.485. The van der Waals surface area contributed by atoms with Gasteiger partial charge in [0.2, 0.25) is 0 Å². The average Bonchev–Trinajstić information content (AvgIpc) is 3.83. The molecule has 0 aliphatic heterocycles. The fraction of sp³-hybridized carbons (Fsp3) is 0.455. The number of benzene rings is 4. The fourth-order valence-corrected chi connectivity index (χ4v) is 15.3. The first kappa shape index (κ1) is 49.1. The predicted molar refractivity (Wildman–Crippen MR) is 211 cm³/mol. The van der Waals surface area contributed by atoms with E-state index < -0.39 is 85.0 Å². The Labute approximate surface area is 350 Å². The summed E-state index contributed by atoms with van der Waals surface area (Å²) in [6.45, 7) is 9.62. The molecule has 0 spiro atoms. The number of halogens is 12. The Morgan fingerprint density at radius 3 is 1.02 bits per heavy atom. The molecule has 0 N–H and O–H groups in total. The SMILES string of the molecule is C1CCCC1.Cc1cc(C)cc(P(c2cc(C)cc(C)c2)C(C)C2CCCC2P(c2cc(C(F)(F)F)cc(C(F)(F)F)c2)c2cc(C(F)(F)F)cc(C(F)(F)F)c2)c1.[Fe]. The number of hydrogen-bond donors (Lipinski definition) is 0. The van der Waals surface area contributed by atoms with Crippen molar-refractivity contribution in [3.8, 4) is 0 Å². The third-order valence-corrected chi connectivity index (χ3v) is 16.6. The molecule has 2 aliphatic rings. The number of rotatable bonds is 7. The summed E-state index contributed by atoms with van der Waals surface area (Å²) >= 11 is 0. The molecular formula is C44H46F12FeP2. The minimum absolute atomic E-state index is 0. The summed E-state index contributed by atoms with van der Waals surface area (Å²) in [6, 6.07) is 13.7. The molecule has 59 heavy (non-hydrogen) atoms. The van der Waals surface area contributed by atoms with E-state index in [0.717, 1.165) is 32.9 Å². The largest absolute Gasteiger partial charge is 0.416 e. The molecular weight excluding hydrogens is 874 g/mol. The molecule has 324 valence electrons. The molecule has 2 saturated carbocycles. The molecule has 0 saturated heterocycles. The smallest absolute Gasteiger partial charge is 0.166 e. The van der Waals surface area contributed by atoms with Gasteiger partial charge in [-0.2, -0.15) is 52.7 Å². The van der Waals surface area contributed by atoms with E-state index in [2.05, 4.69) is 0 Å². The Hall–Kier alpha value is -2.58. The van der Waals surface area contributed by atoms with E-state index in [-0.39, 0.29) is 41.3 Å². The maximum Gasteiger partial charge on any atom is 0.416 e. The van der Waals surface area contributed by atoms with Crippen molar-refractivity contribution in [1.29, 1.82) is 0 Å². The molecule has 0 aromatic heterocycles. The molecule has 3 unspecified atom stereocenters. The monoisotopic (exact) mass is 920 g/mol. The summed E-state index contributed by atoms with van der Waals surface area (Å²) < 4.78 is 170. The zero-order valence-electron chi connectivity index (χ0n) is 33.1. The van der Waals surface area contributed by atoms with E-state index in [9.17, 15) is 52.7 Å². The van der Waals surface area contributed by atoms with Gasteiger partial charge >= 0.3 is 24.7 Å². The van der Waals surface area contributed by atoms with Gasteiger partial charge in [0.05, 0.1) is 22.3 Å². The minimum atomic E-state index is -5.29. The zero-order chi connectivity index (χ0) is 43.0. The van der Waals surface area contributed by atoms with E-state index in [1.54, 1.807) is 0 Å². The van der Waals surface area contributed by atoms with Crippen LogP contribution in [-0.2, 0) is 41.8 Å². The van der Waals surface area contributed by atoms with E-state index in [1.165, 1.54) is 32.1 Å². The average molecular weight is 921 g/mol. The zero-order valence-corrected chi connectivity index (χ0v) is 36.0. The second-order valence-corrected chi connectivity index (χ2v) is 20.7. The van der Waals surface area contributed by atoms with Crippen LogP contribution < -0.4 is 21.2 Å². The van der Waals surface area contributed by atoms with Crippen LogP contribution in [0.25, 0.3) is 0 Å². The van der Waals surface area contributed by atoms with Gasteiger partial charge in [0.1, 0.15) is 0 Å². The second kappa shape index (κ2) is 19.2. The van der Waals surface area contributed by atoms with Crippen molar-refractivity contribution in [1.82, 2.24) is 0 Å². The topological polar surface area (TPSA) is 0 Å². The predicted octanol–water partition coefficient (Wildman–Crippen LogP) is 14.1. The Bertz CT molecular complexity index is 1810. The van der Waals surface area contributed by atoms with Gasteiger partial charge in [-0.15, -0.1) is 0 Å². The summed E-state index contributed by atoms with van der Waals surface area (Å²) in [6.07, 6.45) is -12.6. The first-order valence-corrected chi connectivity index (χ1v) is 22.0. The van der Waals surface area contributed by atoms with Crippen molar-refractivity contribution < 1.29 is 69.8 Å². The molecule has 15 heteroatoms. The van der Waals surface area contributed by atoms with Crippen molar-refractivity contribution in [3.63, 3.8) is 0 Å². The summed E-state index contributed by atoms with van der Waals surface area (Å²) in [4.78, 5) is 0. The summed E-state index contributed by atoms with van der Waals surface area (Å²) in [7, 11) is -3.94. The molecule has 0 bridgehead atoms. The maximum absolute atomic E-state index is 14.2. The van der Waals surface area contributed by atoms with Crippen LogP contribution >= 0.6 is 15.8 Å². The van der Waals surface area contributed by atoms with E-state index in [0.29, 0.717) is 37.1 Å². The van der Waals surface area contributed by atoms with Gasteiger partial charge in [0, 0.05) is 17.1 Å². The molecule has 4 aromatic carbocycles. The van der Waals surface area contributed by atoms with Crippen molar-refractivity contribution in [2.45, 2.75) is 122 Å². The van der Waals surface area contributed by atoms with Gasteiger partial charge in [-0.05, 0) is 131 Å². The van der Waals surface area contributed by atoms with E-state index in [4.69, 9.17) is 0 Å². The Kier molecular flexibility index (Phi) is 16.0. The van der Waals surface area contributed by atoms with Crippen LogP contribution in [-0.4, -0.2) is 11.3 Å². The van der Waals surface area contributed by atoms with Crippen molar-refractivity contribution >= 4 is 37.1 Å². The van der Waals surface area contributed by atoms with E-state index >= 15 is 0 Å². The van der Waals surface area contributed by atoms with E-state index in [1.807, 2.05) is 71.0 Å². The first-order chi connectivity index (χ1) is 26.8. The van der Waals surface area contributed by atoms with Gasteiger partial charge in [0.15, 0.2) is 0 Å². The quantitative estimate of drug-likeness (QED) is 0.0984. The third kappa shape index (κ3) is 12.5. The molecule has 0 heterocycles. The molecule has 3 atom stereocenters. The molecule has 6 rings (SSSR count). The number of aryl methyl sites for hydroxylation is 4. The number of alkyl halides is 12. The van der Waals surface area contributed by atoms with Crippen LogP contribution in [0.2, 0.25) is 0 Å². The van der Waals surface area contributed by atoms with Gasteiger partial charge in [0.25, 0.3) is 0 Å². The molecule has 2 aliphatic carbocycles. The summed E-state index contributed by atoms with van der Waals surface area (Å²) in [5, 5.41) is 0.755. The first-order valence-electron chi connectivity index (χ1n) is 19.2. The second-order valence-electron chi connectivity index (χ2n) is 15.6.